The van der Waals surface area contributed by atoms with Gasteiger partial charge in [0.2, 0.25) is 0 Å². The Morgan fingerprint density at radius 2 is 2.17 bits per heavy atom. The molecule has 0 aromatic heterocycles. The molecular weight excluding hydrogens is 240 g/mol. The van der Waals surface area contributed by atoms with Crippen LogP contribution in [-0.2, 0) is 0 Å². The van der Waals surface area contributed by atoms with E-state index in [4.69, 9.17) is 12.2 Å². The molecule has 0 amide bonds. The van der Waals surface area contributed by atoms with E-state index in [0.29, 0.717) is 0 Å². The highest BCUT2D eigenvalue weighted by Gasteiger charge is 2.18. The molecule has 1 N–H and O–H groups in total. The molecule has 1 saturated heterocycles. The van der Waals surface area contributed by atoms with Gasteiger partial charge in [0, 0.05) is 18.8 Å². The Morgan fingerprint density at radius 1 is 1.39 bits per heavy atom. The first-order valence-electron chi connectivity index (χ1n) is 6.69. The van der Waals surface area contributed by atoms with Gasteiger partial charge in [0.15, 0.2) is 5.11 Å². The van der Waals surface area contributed by atoms with Crippen LogP contribution in [0.4, 0.5) is 5.69 Å². The van der Waals surface area contributed by atoms with Gasteiger partial charge < -0.3 is 10.2 Å². The maximum Gasteiger partial charge on any atom is 0.173 e. The van der Waals surface area contributed by atoms with Crippen molar-refractivity contribution in [1.82, 2.24) is 4.90 Å². The second-order valence-corrected chi connectivity index (χ2v) is 5.83. The Hall–Kier alpha value is -1.09. The van der Waals surface area contributed by atoms with Crippen molar-refractivity contribution in [1.29, 1.82) is 0 Å². The minimum atomic E-state index is 0.748. The Balaban J connectivity index is 2.02. The van der Waals surface area contributed by atoms with Gasteiger partial charge in [-0.2, -0.15) is 0 Å². The number of nitrogens with zero attached hydrogens (tertiary/aromatic N) is 1. The van der Waals surface area contributed by atoms with Crippen molar-refractivity contribution in [2.75, 3.05) is 18.4 Å². The van der Waals surface area contributed by atoms with E-state index in [2.05, 4.69) is 49.2 Å². The van der Waals surface area contributed by atoms with Crippen LogP contribution in [0.15, 0.2) is 18.2 Å². The third-order valence-electron chi connectivity index (χ3n) is 3.57. The number of piperidine rings is 1. The van der Waals surface area contributed by atoms with E-state index in [9.17, 15) is 0 Å². The van der Waals surface area contributed by atoms with Crippen LogP contribution >= 0.6 is 12.2 Å². The average molecular weight is 262 g/mol. The van der Waals surface area contributed by atoms with E-state index in [1.807, 2.05) is 0 Å². The van der Waals surface area contributed by atoms with E-state index in [1.54, 1.807) is 0 Å². The summed E-state index contributed by atoms with van der Waals surface area (Å²) in [4.78, 5) is 2.29. The summed E-state index contributed by atoms with van der Waals surface area (Å²) in [5, 5.41) is 4.25. The summed E-state index contributed by atoms with van der Waals surface area (Å²) in [5.41, 5.74) is 3.67. The number of thiocarbonyl (C=S) groups is 1. The van der Waals surface area contributed by atoms with Gasteiger partial charge in [-0.05, 0) is 56.5 Å². The largest absolute Gasteiger partial charge is 0.349 e. The fraction of sp³-hybridized carbons (Fsp3) is 0.533. The van der Waals surface area contributed by atoms with Gasteiger partial charge in [-0.1, -0.05) is 24.6 Å². The Kier molecular flexibility index (Phi) is 4.23. The molecule has 1 fully saturated rings. The molecule has 1 aliphatic heterocycles. The van der Waals surface area contributed by atoms with E-state index in [1.165, 1.54) is 24.0 Å². The highest BCUT2D eigenvalue weighted by Crippen LogP contribution is 2.19. The molecule has 2 rings (SSSR count). The Morgan fingerprint density at radius 3 is 2.83 bits per heavy atom. The van der Waals surface area contributed by atoms with E-state index < -0.39 is 0 Å². The normalized spacial score (nSPS) is 19.7. The quantitative estimate of drug-likeness (QED) is 0.776. The third-order valence-corrected chi connectivity index (χ3v) is 3.93. The second-order valence-electron chi connectivity index (χ2n) is 5.44. The predicted molar refractivity (Wildman–Crippen MR) is 82.1 cm³/mol. The zero-order valence-electron chi connectivity index (χ0n) is 11.5. The molecule has 18 heavy (non-hydrogen) atoms. The van der Waals surface area contributed by atoms with Crippen LogP contribution in [-0.4, -0.2) is 23.1 Å². The first kappa shape index (κ1) is 13.3. The molecule has 1 unspecified atom stereocenters. The van der Waals surface area contributed by atoms with Crippen LogP contribution in [0.1, 0.15) is 30.9 Å². The van der Waals surface area contributed by atoms with Crippen molar-refractivity contribution in [3.63, 3.8) is 0 Å². The SMILES string of the molecule is Cc1ccc(NC(=S)N2CCCC(C)C2)c(C)c1. The van der Waals surface area contributed by atoms with Gasteiger partial charge in [-0.25, -0.2) is 0 Å². The van der Waals surface area contributed by atoms with Crippen molar-refractivity contribution in [2.45, 2.75) is 33.6 Å². The van der Waals surface area contributed by atoms with Gasteiger partial charge >= 0.3 is 0 Å². The lowest BCUT2D eigenvalue weighted by molar-refractivity contribution is 0.276. The highest BCUT2D eigenvalue weighted by atomic mass is 32.1. The van der Waals surface area contributed by atoms with E-state index in [-0.39, 0.29) is 0 Å². The summed E-state index contributed by atoms with van der Waals surface area (Å²) in [6.07, 6.45) is 2.57. The van der Waals surface area contributed by atoms with Crippen LogP contribution in [0.25, 0.3) is 0 Å². The monoisotopic (exact) mass is 262 g/mol. The zero-order valence-corrected chi connectivity index (χ0v) is 12.3. The van der Waals surface area contributed by atoms with Crippen molar-refractivity contribution in [3.8, 4) is 0 Å². The summed E-state index contributed by atoms with van der Waals surface area (Å²) >= 11 is 5.52. The lowest BCUT2D eigenvalue weighted by Gasteiger charge is -2.33. The fourth-order valence-electron chi connectivity index (χ4n) is 2.52. The number of benzene rings is 1. The van der Waals surface area contributed by atoms with Crippen LogP contribution in [0.2, 0.25) is 0 Å². The molecule has 0 aliphatic carbocycles. The Bertz CT molecular complexity index is 442. The molecular formula is C15H22N2S. The van der Waals surface area contributed by atoms with Gasteiger partial charge in [-0.15, -0.1) is 0 Å². The van der Waals surface area contributed by atoms with Gasteiger partial charge in [0.05, 0.1) is 0 Å². The van der Waals surface area contributed by atoms with Crippen molar-refractivity contribution >= 4 is 23.0 Å². The topological polar surface area (TPSA) is 15.3 Å². The van der Waals surface area contributed by atoms with Gasteiger partial charge in [0.1, 0.15) is 0 Å². The average Bonchev–Trinajstić information content (AvgIpc) is 2.32. The predicted octanol–water partition coefficient (Wildman–Crippen LogP) is 3.73. The minimum Gasteiger partial charge on any atom is -0.349 e. The van der Waals surface area contributed by atoms with Crippen LogP contribution in [0.5, 0.6) is 0 Å². The molecule has 98 valence electrons. The van der Waals surface area contributed by atoms with E-state index >= 15 is 0 Å². The first-order valence-corrected chi connectivity index (χ1v) is 7.10. The molecule has 0 radical (unpaired) electrons. The summed E-state index contributed by atoms with van der Waals surface area (Å²) in [6.45, 7) is 8.70. The number of nitrogens with one attached hydrogen (secondary N) is 1. The number of hydrogen-bond acceptors (Lipinski definition) is 1. The van der Waals surface area contributed by atoms with Crippen molar-refractivity contribution < 1.29 is 0 Å². The van der Waals surface area contributed by atoms with Gasteiger partial charge in [0.25, 0.3) is 0 Å². The van der Waals surface area contributed by atoms with Gasteiger partial charge in [-0.3, -0.25) is 0 Å². The number of rotatable bonds is 1. The fourth-order valence-corrected chi connectivity index (χ4v) is 2.80. The maximum absolute atomic E-state index is 5.52. The molecule has 1 aromatic rings. The summed E-state index contributed by atoms with van der Waals surface area (Å²) < 4.78 is 0. The molecule has 0 spiro atoms. The number of aryl methyl sites for hydroxylation is 2. The van der Waals surface area contributed by atoms with Crippen LogP contribution in [0, 0.1) is 19.8 Å². The third kappa shape index (κ3) is 3.22. The molecule has 2 nitrogen and oxygen atoms in total. The lowest BCUT2D eigenvalue weighted by atomic mass is 10.0. The van der Waals surface area contributed by atoms with Crippen LogP contribution in [0.3, 0.4) is 0 Å². The van der Waals surface area contributed by atoms with Crippen LogP contribution < -0.4 is 5.32 Å². The van der Waals surface area contributed by atoms with E-state index in [0.717, 1.165) is 29.8 Å². The molecule has 0 bridgehead atoms. The summed E-state index contributed by atoms with van der Waals surface area (Å²) in [5.74, 6) is 0.748. The molecule has 3 heteroatoms. The smallest absolute Gasteiger partial charge is 0.173 e. The van der Waals surface area contributed by atoms with Crippen molar-refractivity contribution in [2.24, 2.45) is 5.92 Å². The summed E-state index contributed by atoms with van der Waals surface area (Å²) in [6, 6.07) is 6.42. The molecule has 1 aromatic carbocycles. The first-order chi connectivity index (χ1) is 8.56. The number of anilines is 1. The molecule has 1 aliphatic rings. The Labute approximate surface area is 115 Å². The number of hydrogen-bond donors (Lipinski definition) is 1. The summed E-state index contributed by atoms with van der Waals surface area (Å²) in [7, 11) is 0. The lowest BCUT2D eigenvalue weighted by Crippen LogP contribution is -2.41. The molecule has 1 atom stereocenters. The number of likely N-dealkylation sites (tertiary alicyclic amines) is 1. The van der Waals surface area contributed by atoms with Crippen molar-refractivity contribution in [3.05, 3.63) is 29.3 Å². The molecule has 1 heterocycles. The second kappa shape index (κ2) is 5.70. The molecule has 0 saturated carbocycles. The highest BCUT2D eigenvalue weighted by molar-refractivity contribution is 7.80. The standard InChI is InChI=1S/C15H22N2S/c1-11-6-7-14(13(3)9-11)16-15(18)17-8-4-5-12(2)10-17/h6-7,9,12H,4-5,8,10H2,1-3H3,(H,16,18). The maximum atomic E-state index is 5.52. The minimum absolute atomic E-state index is 0.748. The zero-order chi connectivity index (χ0) is 13.1.